The minimum Gasteiger partial charge on any atom is -0.296 e. The highest BCUT2D eigenvalue weighted by Gasteiger charge is 2.30. The number of nitrogens with zero attached hydrogens (tertiary/aromatic N) is 2. The van der Waals surface area contributed by atoms with E-state index in [1.807, 2.05) is 24.3 Å². The summed E-state index contributed by atoms with van der Waals surface area (Å²) in [4.78, 5) is 2.33. The number of piperazine rings is 1. The highest BCUT2D eigenvalue weighted by molar-refractivity contribution is 5.67. The molecule has 0 amide bonds. The molecule has 3 rings (SSSR count). The maximum Gasteiger partial charge on any atom is 0.416 e. The van der Waals surface area contributed by atoms with Crippen LogP contribution >= 0.6 is 0 Å². The van der Waals surface area contributed by atoms with Gasteiger partial charge in [0.15, 0.2) is 0 Å². The molecule has 1 aliphatic rings. The predicted molar refractivity (Wildman–Crippen MR) is 84.0 cm³/mol. The molecule has 2 nitrogen and oxygen atoms in total. The van der Waals surface area contributed by atoms with Crippen LogP contribution in [0.5, 0.6) is 0 Å². The molecule has 0 saturated carbocycles. The van der Waals surface area contributed by atoms with Crippen LogP contribution in [0.3, 0.4) is 0 Å². The zero-order valence-electron chi connectivity index (χ0n) is 12.7. The third kappa shape index (κ3) is 3.92. The van der Waals surface area contributed by atoms with Gasteiger partial charge in [-0.2, -0.15) is 13.2 Å². The van der Waals surface area contributed by atoms with Crippen molar-refractivity contribution < 1.29 is 13.2 Å². The van der Waals surface area contributed by atoms with Crippen molar-refractivity contribution in [3.8, 4) is 11.1 Å². The molecule has 1 fully saturated rings. The second kappa shape index (κ2) is 6.72. The van der Waals surface area contributed by atoms with Crippen molar-refractivity contribution in [1.29, 1.82) is 0 Å². The lowest BCUT2D eigenvalue weighted by molar-refractivity contribution is -0.137. The normalized spacial score (nSPS) is 16.5. The Morgan fingerprint density at radius 2 is 1.57 bits per heavy atom. The number of halogens is 3. The van der Waals surface area contributed by atoms with E-state index >= 15 is 0 Å². The van der Waals surface area contributed by atoms with Crippen molar-refractivity contribution in [1.82, 2.24) is 10.2 Å². The molecule has 0 spiro atoms. The highest BCUT2D eigenvalue weighted by Crippen LogP contribution is 2.32. The van der Waals surface area contributed by atoms with E-state index in [9.17, 15) is 13.2 Å². The van der Waals surface area contributed by atoms with Crippen LogP contribution in [0.1, 0.15) is 11.1 Å². The van der Waals surface area contributed by atoms with Gasteiger partial charge in [0.1, 0.15) is 0 Å². The Labute approximate surface area is 133 Å². The zero-order chi connectivity index (χ0) is 16.3. The largest absolute Gasteiger partial charge is 0.416 e. The van der Waals surface area contributed by atoms with Gasteiger partial charge in [0, 0.05) is 32.7 Å². The Balaban J connectivity index is 1.84. The van der Waals surface area contributed by atoms with Gasteiger partial charge in [-0.25, -0.2) is 5.32 Å². The molecule has 0 bridgehead atoms. The van der Waals surface area contributed by atoms with Gasteiger partial charge < -0.3 is 0 Å². The Morgan fingerprint density at radius 1 is 0.913 bits per heavy atom. The molecule has 1 aliphatic heterocycles. The first kappa shape index (κ1) is 16.0. The SMILES string of the molecule is FC(F)(F)c1ccc(-c2ccccc2CN2CC[N]CC2)cc1. The van der Waals surface area contributed by atoms with Crippen LogP contribution in [0, 0.1) is 0 Å². The standard InChI is InChI=1S/C18H18F3N2/c19-18(20,21)16-7-5-14(6-8-16)17-4-2-1-3-15(17)13-23-11-9-22-10-12-23/h1-8H,9-13H2. The summed E-state index contributed by atoms with van der Waals surface area (Å²) < 4.78 is 38.1. The van der Waals surface area contributed by atoms with Gasteiger partial charge in [-0.1, -0.05) is 36.4 Å². The molecule has 1 saturated heterocycles. The predicted octanol–water partition coefficient (Wildman–Crippen LogP) is 3.79. The molecule has 2 aromatic rings. The molecule has 121 valence electrons. The van der Waals surface area contributed by atoms with E-state index in [-0.39, 0.29) is 0 Å². The summed E-state index contributed by atoms with van der Waals surface area (Å²) in [5, 5.41) is 4.33. The van der Waals surface area contributed by atoms with Gasteiger partial charge in [0.05, 0.1) is 5.56 Å². The van der Waals surface area contributed by atoms with Crippen molar-refractivity contribution in [3.63, 3.8) is 0 Å². The van der Waals surface area contributed by atoms with Crippen molar-refractivity contribution >= 4 is 0 Å². The number of benzene rings is 2. The smallest absolute Gasteiger partial charge is 0.296 e. The summed E-state index contributed by atoms with van der Waals surface area (Å²) in [6.45, 7) is 4.36. The van der Waals surface area contributed by atoms with E-state index in [0.717, 1.165) is 61.5 Å². The van der Waals surface area contributed by atoms with E-state index < -0.39 is 11.7 Å². The highest BCUT2D eigenvalue weighted by atomic mass is 19.4. The van der Waals surface area contributed by atoms with Gasteiger partial charge in [-0.15, -0.1) is 0 Å². The van der Waals surface area contributed by atoms with E-state index in [1.54, 1.807) is 12.1 Å². The Morgan fingerprint density at radius 3 is 2.22 bits per heavy atom. The lowest BCUT2D eigenvalue weighted by Gasteiger charge is -2.27. The van der Waals surface area contributed by atoms with Crippen molar-refractivity contribution in [2.45, 2.75) is 12.7 Å². The minimum absolute atomic E-state index is 0.614. The van der Waals surface area contributed by atoms with Crippen LogP contribution in [0.25, 0.3) is 11.1 Å². The second-order valence-corrected chi connectivity index (χ2v) is 5.68. The van der Waals surface area contributed by atoms with Gasteiger partial charge in [-0.05, 0) is 28.8 Å². The monoisotopic (exact) mass is 319 g/mol. The fourth-order valence-electron chi connectivity index (χ4n) is 2.83. The summed E-state index contributed by atoms with van der Waals surface area (Å²) >= 11 is 0. The molecule has 0 unspecified atom stereocenters. The van der Waals surface area contributed by atoms with Crippen LogP contribution in [0.4, 0.5) is 13.2 Å². The lowest BCUT2D eigenvalue weighted by atomic mass is 9.98. The van der Waals surface area contributed by atoms with E-state index in [2.05, 4.69) is 10.2 Å². The molecule has 5 heteroatoms. The molecule has 23 heavy (non-hydrogen) atoms. The summed E-state index contributed by atoms with van der Waals surface area (Å²) in [6, 6.07) is 13.3. The van der Waals surface area contributed by atoms with Gasteiger partial charge >= 0.3 is 6.18 Å². The molecule has 0 aliphatic carbocycles. The summed E-state index contributed by atoms with van der Waals surface area (Å²) in [7, 11) is 0. The Bertz CT molecular complexity index is 644. The van der Waals surface area contributed by atoms with Crippen LogP contribution in [-0.2, 0) is 12.7 Å². The average Bonchev–Trinajstić information content (AvgIpc) is 2.56. The molecule has 1 radical (unpaired) electrons. The molecule has 0 aromatic heterocycles. The molecule has 2 aromatic carbocycles. The Kier molecular flexibility index (Phi) is 4.68. The third-order valence-electron chi connectivity index (χ3n) is 4.08. The van der Waals surface area contributed by atoms with Gasteiger partial charge in [-0.3, -0.25) is 4.90 Å². The topological polar surface area (TPSA) is 17.3 Å². The number of alkyl halides is 3. The van der Waals surface area contributed by atoms with Crippen molar-refractivity contribution in [2.24, 2.45) is 0 Å². The third-order valence-corrected chi connectivity index (χ3v) is 4.08. The molecule has 0 atom stereocenters. The molecular weight excluding hydrogens is 301 g/mol. The summed E-state index contributed by atoms with van der Waals surface area (Å²) in [6.07, 6.45) is -4.30. The van der Waals surface area contributed by atoms with Gasteiger partial charge in [0.2, 0.25) is 0 Å². The fourth-order valence-corrected chi connectivity index (χ4v) is 2.83. The first-order valence-electron chi connectivity index (χ1n) is 7.65. The Hall–Kier alpha value is -1.85. The minimum atomic E-state index is -4.30. The van der Waals surface area contributed by atoms with Crippen LogP contribution < -0.4 is 5.32 Å². The van der Waals surface area contributed by atoms with Crippen molar-refractivity contribution in [2.75, 3.05) is 26.2 Å². The quantitative estimate of drug-likeness (QED) is 0.841. The van der Waals surface area contributed by atoms with Crippen LogP contribution in [-0.4, -0.2) is 31.1 Å². The first-order valence-corrected chi connectivity index (χ1v) is 7.65. The van der Waals surface area contributed by atoms with Crippen LogP contribution in [0.2, 0.25) is 0 Å². The molecule has 0 N–H and O–H groups in total. The number of hydrogen-bond donors (Lipinski definition) is 0. The number of rotatable bonds is 3. The van der Waals surface area contributed by atoms with Crippen molar-refractivity contribution in [3.05, 3.63) is 59.7 Å². The molecular formula is C18H18F3N2. The molecule has 1 heterocycles. The zero-order valence-corrected chi connectivity index (χ0v) is 12.7. The maximum atomic E-state index is 12.7. The van der Waals surface area contributed by atoms with E-state index in [1.165, 1.54) is 0 Å². The van der Waals surface area contributed by atoms with Gasteiger partial charge in [0.25, 0.3) is 0 Å². The average molecular weight is 319 g/mol. The lowest BCUT2D eigenvalue weighted by Crippen LogP contribution is -2.39. The first-order chi connectivity index (χ1) is 11.0. The van der Waals surface area contributed by atoms with E-state index in [0.29, 0.717) is 0 Å². The fraction of sp³-hybridized carbons (Fsp3) is 0.333. The second-order valence-electron chi connectivity index (χ2n) is 5.68. The van der Waals surface area contributed by atoms with Crippen LogP contribution in [0.15, 0.2) is 48.5 Å². The van der Waals surface area contributed by atoms with E-state index in [4.69, 9.17) is 0 Å². The number of hydrogen-bond acceptors (Lipinski definition) is 1. The maximum absolute atomic E-state index is 12.7. The summed E-state index contributed by atoms with van der Waals surface area (Å²) in [5.41, 5.74) is 2.32. The summed E-state index contributed by atoms with van der Waals surface area (Å²) in [5.74, 6) is 0.